The molecule has 1 rings (SSSR count). The molecule has 1 aromatic carbocycles. The molecule has 0 unspecified atom stereocenters. The summed E-state index contributed by atoms with van der Waals surface area (Å²) in [7, 11) is 0. The van der Waals surface area contributed by atoms with E-state index in [1.54, 1.807) is 0 Å². The third kappa shape index (κ3) is 3.32. The van der Waals surface area contributed by atoms with Crippen molar-refractivity contribution in [2.24, 2.45) is 0 Å². The van der Waals surface area contributed by atoms with Gasteiger partial charge in [0.25, 0.3) is 0 Å². The minimum Gasteiger partial charge on any atom is -0.387 e. The lowest BCUT2D eigenvalue weighted by Gasteiger charge is -2.21. The zero-order chi connectivity index (χ0) is 12.1. The number of hydrogen-bond acceptors (Lipinski definition) is 2. The fourth-order valence-corrected chi connectivity index (χ4v) is 1.72. The first-order chi connectivity index (χ1) is 7.56. The summed E-state index contributed by atoms with van der Waals surface area (Å²) in [6, 6.07) is 6.25. The van der Waals surface area contributed by atoms with E-state index in [1.165, 1.54) is 11.1 Å². The first kappa shape index (κ1) is 13.2. The average molecular weight is 221 g/mol. The molecular weight excluding hydrogens is 198 g/mol. The monoisotopic (exact) mass is 221 g/mol. The molecule has 0 amide bonds. The maximum atomic E-state index is 10.2. The fraction of sp³-hybridized carbons (Fsp3) is 0.571. The van der Waals surface area contributed by atoms with Crippen molar-refractivity contribution >= 4 is 0 Å². The van der Waals surface area contributed by atoms with Crippen LogP contribution in [0, 0.1) is 13.8 Å². The lowest BCUT2D eigenvalue weighted by molar-refractivity contribution is 0.136. The fourth-order valence-electron chi connectivity index (χ4n) is 1.72. The van der Waals surface area contributed by atoms with Crippen LogP contribution in [0.1, 0.15) is 43.1 Å². The van der Waals surface area contributed by atoms with Crippen LogP contribution in [-0.4, -0.2) is 17.7 Å². The Kier molecular flexibility index (Phi) is 4.97. The van der Waals surface area contributed by atoms with Gasteiger partial charge < -0.3 is 10.4 Å². The van der Waals surface area contributed by atoms with Gasteiger partial charge in [0.05, 0.1) is 6.10 Å². The number of aliphatic hydroxyl groups excluding tert-OH is 1. The highest BCUT2D eigenvalue weighted by molar-refractivity contribution is 5.31. The molecule has 0 aliphatic carbocycles. The van der Waals surface area contributed by atoms with Crippen LogP contribution in [-0.2, 0) is 0 Å². The van der Waals surface area contributed by atoms with Gasteiger partial charge in [0.15, 0.2) is 0 Å². The molecule has 0 aliphatic rings. The predicted molar refractivity (Wildman–Crippen MR) is 68.6 cm³/mol. The first-order valence-corrected chi connectivity index (χ1v) is 6.04. The minimum absolute atomic E-state index is 0.0991. The van der Waals surface area contributed by atoms with Crippen molar-refractivity contribution in [2.75, 3.05) is 6.54 Å². The second-order valence-corrected chi connectivity index (χ2v) is 4.53. The molecule has 0 aliphatic heterocycles. The Hall–Kier alpha value is -0.860. The largest absolute Gasteiger partial charge is 0.387 e. The Labute approximate surface area is 98.7 Å². The standard InChI is InChI=1S/C14H23NO/c1-5-8-15-12(4)14(16)13-7-6-10(2)11(3)9-13/h6-7,9,12,14-16H,5,8H2,1-4H3/t12-,14+/m0/s1. The van der Waals surface area contributed by atoms with Crippen molar-refractivity contribution in [3.8, 4) is 0 Å². The molecule has 0 bridgehead atoms. The van der Waals surface area contributed by atoms with Crippen molar-refractivity contribution in [3.63, 3.8) is 0 Å². The molecule has 0 radical (unpaired) electrons. The molecule has 0 heterocycles. The summed E-state index contributed by atoms with van der Waals surface area (Å²) in [4.78, 5) is 0. The van der Waals surface area contributed by atoms with E-state index < -0.39 is 6.10 Å². The van der Waals surface area contributed by atoms with Gasteiger partial charge in [0.1, 0.15) is 0 Å². The summed E-state index contributed by atoms with van der Waals surface area (Å²) >= 11 is 0. The molecule has 2 nitrogen and oxygen atoms in total. The van der Waals surface area contributed by atoms with Gasteiger partial charge in [-0.2, -0.15) is 0 Å². The lowest BCUT2D eigenvalue weighted by atomic mass is 9.99. The average Bonchev–Trinajstić information content (AvgIpc) is 2.28. The molecule has 0 aromatic heterocycles. The van der Waals surface area contributed by atoms with Crippen molar-refractivity contribution < 1.29 is 5.11 Å². The van der Waals surface area contributed by atoms with Gasteiger partial charge in [-0.3, -0.25) is 0 Å². The topological polar surface area (TPSA) is 32.3 Å². The molecule has 2 atom stereocenters. The summed E-state index contributed by atoms with van der Waals surface area (Å²) in [6.07, 6.45) is 0.662. The van der Waals surface area contributed by atoms with E-state index >= 15 is 0 Å². The van der Waals surface area contributed by atoms with E-state index in [-0.39, 0.29) is 6.04 Å². The molecule has 0 fully saturated rings. The van der Waals surface area contributed by atoms with Crippen LogP contribution < -0.4 is 5.32 Å². The smallest absolute Gasteiger partial charge is 0.0940 e. The normalized spacial score (nSPS) is 14.8. The Morgan fingerprint density at radius 3 is 2.50 bits per heavy atom. The molecule has 2 heteroatoms. The number of benzene rings is 1. The molecule has 0 saturated carbocycles. The van der Waals surface area contributed by atoms with Gasteiger partial charge >= 0.3 is 0 Å². The van der Waals surface area contributed by atoms with E-state index in [9.17, 15) is 5.11 Å². The van der Waals surface area contributed by atoms with Crippen molar-refractivity contribution in [1.29, 1.82) is 0 Å². The highest BCUT2D eigenvalue weighted by Gasteiger charge is 2.15. The van der Waals surface area contributed by atoms with Crippen molar-refractivity contribution in [2.45, 2.75) is 46.3 Å². The van der Waals surface area contributed by atoms with E-state index in [0.717, 1.165) is 18.5 Å². The van der Waals surface area contributed by atoms with E-state index in [1.807, 2.05) is 13.0 Å². The van der Waals surface area contributed by atoms with Gasteiger partial charge in [0, 0.05) is 6.04 Å². The van der Waals surface area contributed by atoms with Crippen LogP contribution in [0.3, 0.4) is 0 Å². The summed E-state index contributed by atoms with van der Waals surface area (Å²) < 4.78 is 0. The lowest BCUT2D eigenvalue weighted by Crippen LogP contribution is -2.32. The Morgan fingerprint density at radius 2 is 1.94 bits per heavy atom. The van der Waals surface area contributed by atoms with Crippen LogP contribution in [0.15, 0.2) is 18.2 Å². The maximum Gasteiger partial charge on any atom is 0.0940 e. The van der Waals surface area contributed by atoms with Gasteiger partial charge in [-0.25, -0.2) is 0 Å². The third-order valence-corrected chi connectivity index (χ3v) is 3.06. The van der Waals surface area contributed by atoms with E-state index in [4.69, 9.17) is 0 Å². The first-order valence-electron chi connectivity index (χ1n) is 6.04. The maximum absolute atomic E-state index is 10.2. The number of hydrogen-bond donors (Lipinski definition) is 2. The third-order valence-electron chi connectivity index (χ3n) is 3.06. The molecular formula is C14H23NO. The van der Waals surface area contributed by atoms with Crippen LogP contribution >= 0.6 is 0 Å². The quantitative estimate of drug-likeness (QED) is 0.801. The second-order valence-electron chi connectivity index (χ2n) is 4.53. The summed E-state index contributed by atoms with van der Waals surface area (Å²) in [5.41, 5.74) is 3.50. The van der Waals surface area contributed by atoms with Crippen molar-refractivity contribution in [1.82, 2.24) is 5.32 Å². The number of nitrogens with one attached hydrogen (secondary N) is 1. The molecule has 1 aromatic rings. The number of aliphatic hydroxyl groups is 1. The van der Waals surface area contributed by atoms with Crippen LogP contribution in [0.4, 0.5) is 0 Å². The van der Waals surface area contributed by atoms with E-state index in [0.29, 0.717) is 0 Å². The van der Waals surface area contributed by atoms with Crippen molar-refractivity contribution in [3.05, 3.63) is 34.9 Å². The van der Waals surface area contributed by atoms with Gasteiger partial charge in [0.2, 0.25) is 0 Å². The van der Waals surface area contributed by atoms with Crippen LogP contribution in [0.5, 0.6) is 0 Å². The second kappa shape index (κ2) is 6.02. The molecule has 0 saturated heterocycles. The number of rotatable bonds is 5. The zero-order valence-corrected chi connectivity index (χ0v) is 10.7. The van der Waals surface area contributed by atoms with Gasteiger partial charge in [-0.1, -0.05) is 25.1 Å². The molecule has 2 N–H and O–H groups in total. The molecule has 16 heavy (non-hydrogen) atoms. The number of aryl methyl sites for hydroxylation is 2. The zero-order valence-electron chi connectivity index (χ0n) is 10.7. The highest BCUT2D eigenvalue weighted by Crippen LogP contribution is 2.19. The van der Waals surface area contributed by atoms with Crippen LogP contribution in [0.25, 0.3) is 0 Å². The summed E-state index contributed by atoms with van der Waals surface area (Å²) in [5.74, 6) is 0. The van der Waals surface area contributed by atoms with Crippen LogP contribution in [0.2, 0.25) is 0 Å². The van der Waals surface area contributed by atoms with E-state index in [2.05, 4.69) is 38.2 Å². The Morgan fingerprint density at radius 1 is 1.25 bits per heavy atom. The van der Waals surface area contributed by atoms with Gasteiger partial charge in [-0.05, 0) is 50.4 Å². The summed E-state index contributed by atoms with van der Waals surface area (Å²) in [6.45, 7) is 9.26. The predicted octanol–water partition coefficient (Wildman–Crippen LogP) is 2.72. The Bertz CT molecular complexity index is 336. The van der Waals surface area contributed by atoms with Gasteiger partial charge in [-0.15, -0.1) is 0 Å². The molecule has 90 valence electrons. The Balaban J connectivity index is 2.71. The SMILES string of the molecule is CCCN[C@@H](C)[C@@H](O)c1ccc(C)c(C)c1. The minimum atomic E-state index is -0.425. The summed E-state index contributed by atoms with van der Waals surface area (Å²) in [5, 5.41) is 13.5. The molecule has 0 spiro atoms. The highest BCUT2D eigenvalue weighted by atomic mass is 16.3.